The number of aryl methyl sites for hydroxylation is 1. The quantitative estimate of drug-likeness (QED) is 0.335. The van der Waals surface area contributed by atoms with Gasteiger partial charge in [0.25, 0.3) is 5.91 Å². The summed E-state index contributed by atoms with van der Waals surface area (Å²) in [4.78, 5) is 43.4. The van der Waals surface area contributed by atoms with Crippen LogP contribution in [0.5, 0.6) is 0 Å². The minimum Gasteiger partial charge on any atom is -0.370 e. The summed E-state index contributed by atoms with van der Waals surface area (Å²) in [7, 11) is 1.74. The number of carbonyl (C=O) groups excluding carboxylic acids is 3. The second kappa shape index (κ2) is 9.84. The summed E-state index contributed by atoms with van der Waals surface area (Å²) >= 11 is 1.35. The number of anilines is 3. The Morgan fingerprint density at radius 1 is 1.17 bits per heavy atom. The molecular weight excluding hydrogens is 468 g/mol. The number of likely N-dealkylation sites (N-methyl/N-ethyl adjacent to an activating group) is 1. The Hall–Kier alpha value is -3.77. The first-order valence-corrected chi connectivity index (χ1v) is 12.0. The number of amides is 3. The van der Waals surface area contributed by atoms with Crippen LogP contribution in [0, 0.1) is 6.92 Å². The number of aromatic nitrogens is 3. The van der Waals surface area contributed by atoms with E-state index in [0.29, 0.717) is 42.3 Å². The van der Waals surface area contributed by atoms with Gasteiger partial charge in [-0.15, -0.1) is 11.3 Å². The minimum atomic E-state index is -0.755. The molecule has 4 rings (SSSR count). The van der Waals surface area contributed by atoms with Crippen LogP contribution >= 0.6 is 11.3 Å². The fraction of sp³-hybridized carbons (Fsp3) is 0.348. The van der Waals surface area contributed by atoms with Crippen LogP contribution in [-0.4, -0.2) is 58.6 Å². The summed E-state index contributed by atoms with van der Waals surface area (Å²) in [6.45, 7) is 4.45. The zero-order valence-electron chi connectivity index (χ0n) is 19.8. The van der Waals surface area contributed by atoms with E-state index in [-0.39, 0.29) is 23.4 Å². The third kappa shape index (κ3) is 5.03. The van der Waals surface area contributed by atoms with E-state index in [1.165, 1.54) is 18.3 Å². The maximum absolute atomic E-state index is 13.1. The lowest BCUT2D eigenvalue weighted by Gasteiger charge is -2.41. The number of hydrogen-bond acceptors (Lipinski definition) is 8. The number of rotatable bonds is 7. The van der Waals surface area contributed by atoms with Crippen molar-refractivity contribution in [1.29, 1.82) is 0 Å². The third-order valence-electron chi connectivity index (χ3n) is 6.29. The molecule has 0 bridgehead atoms. The van der Waals surface area contributed by atoms with Crippen molar-refractivity contribution >= 4 is 46.1 Å². The van der Waals surface area contributed by atoms with Crippen LogP contribution in [0.3, 0.4) is 0 Å². The summed E-state index contributed by atoms with van der Waals surface area (Å²) in [6, 6.07) is 3.68. The molecule has 1 saturated heterocycles. The highest BCUT2D eigenvalue weighted by Crippen LogP contribution is 2.36. The number of thiazole rings is 1. The smallest absolute Gasteiger partial charge is 0.275 e. The molecule has 0 radical (unpaired) electrons. The molecule has 0 atom stereocenters. The van der Waals surface area contributed by atoms with Crippen molar-refractivity contribution in [3.63, 3.8) is 0 Å². The molecule has 3 heterocycles. The highest BCUT2D eigenvalue weighted by Gasteiger charge is 2.39. The number of carbonyl (C=O) groups is 3. The SMILES string of the molecule is CNC1(C(N)=O)CCN(c2cc(C)c(NC(C)=O)cc2NC(=O)c2csc(-c3cn[nH]c3)n2)CC1. The predicted molar refractivity (Wildman–Crippen MR) is 136 cm³/mol. The Morgan fingerprint density at radius 3 is 2.51 bits per heavy atom. The number of benzene rings is 1. The standard InChI is InChI=1S/C23H28N8O3S/c1-13-8-19(31-6-4-23(25-3,5-7-31)22(24)34)17(9-16(13)28-14(2)32)29-20(33)18-12-35-21(30-18)15-10-26-27-11-15/h8-12,25H,4-7H2,1-3H3,(H2,24,34)(H,26,27)(H,28,32)(H,29,33). The Bertz CT molecular complexity index is 1250. The summed E-state index contributed by atoms with van der Waals surface area (Å²) in [6.07, 6.45) is 4.41. The molecular formula is C23H28N8O3S. The molecule has 11 nitrogen and oxygen atoms in total. The average molecular weight is 497 g/mol. The fourth-order valence-corrected chi connectivity index (χ4v) is 4.97. The van der Waals surface area contributed by atoms with Crippen molar-refractivity contribution < 1.29 is 14.4 Å². The lowest BCUT2D eigenvalue weighted by Crippen LogP contribution is -2.59. The molecule has 35 heavy (non-hydrogen) atoms. The molecule has 2 aromatic heterocycles. The van der Waals surface area contributed by atoms with Crippen molar-refractivity contribution in [3.8, 4) is 10.6 Å². The first-order valence-electron chi connectivity index (χ1n) is 11.1. The Morgan fingerprint density at radius 2 is 1.91 bits per heavy atom. The number of piperidine rings is 1. The molecule has 0 unspecified atom stereocenters. The van der Waals surface area contributed by atoms with Crippen molar-refractivity contribution in [3.05, 3.63) is 41.2 Å². The van der Waals surface area contributed by atoms with E-state index in [4.69, 9.17) is 5.73 Å². The maximum atomic E-state index is 13.1. The molecule has 12 heteroatoms. The van der Waals surface area contributed by atoms with Gasteiger partial charge in [0.05, 0.1) is 17.6 Å². The number of nitrogens with zero attached hydrogens (tertiary/aromatic N) is 3. The molecule has 3 aromatic rings. The zero-order valence-corrected chi connectivity index (χ0v) is 20.6. The fourth-order valence-electron chi connectivity index (χ4n) is 4.19. The van der Waals surface area contributed by atoms with E-state index in [9.17, 15) is 14.4 Å². The van der Waals surface area contributed by atoms with Crippen molar-refractivity contribution in [2.75, 3.05) is 35.7 Å². The van der Waals surface area contributed by atoms with Gasteiger partial charge in [-0.05, 0) is 44.5 Å². The minimum absolute atomic E-state index is 0.208. The molecule has 184 valence electrons. The van der Waals surface area contributed by atoms with Crippen LogP contribution in [0.4, 0.5) is 17.1 Å². The number of nitrogens with two attached hydrogens (primary N) is 1. The largest absolute Gasteiger partial charge is 0.370 e. The predicted octanol–water partition coefficient (Wildman–Crippen LogP) is 2.10. The highest BCUT2D eigenvalue weighted by atomic mass is 32.1. The van der Waals surface area contributed by atoms with Crippen LogP contribution in [0.15, 0.2) is 29.9 Å². The van der Waals surface area contributed by atoms with Gasteiger partial charge in [0.15, 0.2) is 0 Å². The molecule has 0 aliphatic carbocycles. The number of H-pyrrole nitrogens is 1. The molecule has 1 fully saturated rings. The molecule has 1 aromatic carbocycles. The molecule has 0 saturated carbocycles. The van der Waals surface area contributed by atoms with Gasteiger partial charge in [0, 0.05) is 42.8 Å². The monoisotopic (exact) mass is 496 g/mol. The van der Waals surface area contributed by atoms with Gasteiger partial charge in [0.1, 0.15) is 16.2 Å². The van der Waals surface area contributed by atoms with E-state index in [2.05, 4.69) is 36.0 Å². The number of primary amides is 1. The van der Waals surface area contributed by atoms with Gasteiger partial charge in [-0.2, -0.15) is 5.10 Å². The Balaban J connectivity index is 1.62. The lowest BCUT2D eigenvalue weighted by atomic mass is 9.86. The summed E-state index contributed by atoms with van der Waals surface area (Å²) in [5, 5.41) is 17.9. The van der Waals surface area contributed by atoms with Crippen molar-refractivity contribution in [2.45, 2.75) is 32.2 Å². The lowest BCUT2D eigenvalue weighted by molar-refractivity contribution is -0.125. The van der Waals surface area contributed by atoms with E-state index in [0.717, 1.165) is 16.8 Å². The number of nitrogens with one attached hydrogen (secondary N) is 4. The number of aromatic amines is 1. The van der Waals surface area contributed by atoms with Crippen LogP contribution in [0.2, 0.25) is 0 Å². The Kier molecular flexibility index (Phi) is 6.85. The highest BCUT2D eigenvalue weighted by molar-refractivity contribution is 7.13. The van der Waals surface area contributed by atoms with Crippen molar-refractivity contribution in [1.82, 2.24) is 20.5 Å². The first-order chi connectivity index (χ1) is 16.7. The van der Waals surface area contributed by atoms with Crippen LogP contribution in [0.1, 0.15) is 35.8 Å². The summed E-state index contributed by atoms with van der Waals surface area (Å²) in [5.41, 5.74) is 8.77. The van der Waals surface area contributed by atoms with Crippen LogP contribution in [-0.2, 0) is 9.59 Å². The average Bonchev–Trinajstić information content (AvgIpc) is 3.53. The Labute approximate surface area is 206 Å². The summed E-state index contributed by atoms with van der Waals surface area (Å²) < 4.78 is 0. The van der Waals surface area contributed by atoms with Gasteiger partial charge in [-0.3, -0.25) is 19.5 Å². The molecule has 1 aliphatic rings. The second-order valence-electron chi connectivity index (χ2n) is 8.53. The van der Waals surface area contributed by atoms with Gasteiger partial charge in [0.2, 0.25) is 11.8 Å². The van der Waals surface area contributed by atoms with Gasteiger partial charge < -0.3 is 26.6 Å². The van der Waals surface area contributed by atoms with E-state index < -0.39 is 5.54 Å². The molecule has 6 N–H and O–H groups in total. The number of hydrogen-bond donors (Lipinski definition) is 5. The molecule has 3 amide bonds. The maximum Gasteiger partial charge on any atom is 0.275 e. The van der Waals surface area contributed by atoms with Gasteiger partial charge in [-0.1, -0.05) is 0 Å². The van der Waals surface area contributed by atoms with E-state index in [1.807, 2.05) is 13.0 Å². The summed E-state index contributed by atoms with van der Waals surface area (Å²) in [5.74, 6) is -0.948. The molecule has 0 spiro atoms. The zero-order chi connectivity index (χ0) is 25.2. The first kappa shape index (κ1) is 24.4. The normalized spacial score (nSPS) is 15.0. The van der Waals surface area contributed by atoms with Crippen LogP contribution < -0.4 is 26.6 Å². The van der Waals surface area contributed by atoms with Crippen LogP contribution in [0.25, 0.3) is 10.6 Å². The topological polar surface area (TPSA) is 158 Å². The van der Waals surface area contributed by atoms with Gasteiger partial charge >= 0.3 is 0 Å². The molecule has 1 aliphatic heterocycles. The third-order valence-corrected chi connectivity index (χ3v) is 7.18. The van der Waals surface area contributed by atoms with E-state index >= 15 is 0 Å². The van der Waals surface area contributed by atoms with Gasteiger partial charge in [-0.25, -0.2) is 4.98 Å². The van der Waals surface area contributed by atoms with E-state index in [1.54, 1.807) is 30.9 Å². The second-order valence-corrected chi connectivity index (χ2v) is 9.39. The van der Waals surface area contributed by atoms with Crippen molar-refractivity contribution in [2.24, 2.45) is 5.73 Å².